The van der Waals surface area contributed by atoms with E-state index in [-0.39, 0.29) is 20.1 Å². The molecule has 0 bridgehead atoms. The Kier molecular flexibility index (Phi) is 9.72. The molecular formula is C45H42GeIrN2S-2. The molecule has 5 heteroatoms. The molecule has 0 N–H and O–H groups in total. The molecule has 0 saturated carbocycles. The minimum atomic E-state index is -1.72. The minimum absolute atomic E-state index is 0. The van der Waals surface area contributed by atoms with E-state index in [1.165, 1.54) is 47.0 Å². The van der Waals surface area contributed by atoms with Crippen LogP contribution in [0.15, 0.2) is 116 Å². The zero-order valence-corrected chi connectivity index (χ0v) is 34.9. The fourth-order valence-electron chi connectivity index (χ4n) is 6.35. The van der Waals surface area contributed by atoms with Crippen LogP contribution in [0.4, 0.5) is 0 Å². The van der Waals surface area contributed by atoms with Gasteiger partial charge in [0.1, 0.15) is 0 Å². The second-order valence-corrected chi connectivity index (χ2v) is 26.4. The summed E-state index contributed by atoms with van der Waals surface area (Å²) in [5, 5.41) is 7.54. The molecule has 8 rings (SSSR count). The Morgan fingerprint density at radius 2 is 1.52 bits per heavy atom. The van der Waals surface area contributed by atoms with E-state index in [0.29, 0.717) is 5.56 Å². The van der Waals surface area contributed by atoms with E-state index in [9.17, 15) is 0 Å². The molecule has 0 saturated heterocycles. The molecule has 3 aromatic heterocycles. The fourth-order valence-corrected chi connectivity index (χ4v) is 9.93. The third-order valence-corrected chi connectivity index (χ3v) is 14.3. The maximum atomic E-state index is 8.75. The van der Waals surface area contributed by atoms with Gasteiger partial charge in [-0.1, -0.05) is 93.2 Å². The molecule has 2 nitrogen and oxygen atoms in total. The Bertz CT molecular complexity index is 2530. The summed E-state index contributed by atoms with van der Waals surface area (Å²) in [6.45, 7) is 7.94. The van der Waals surface area contributed by atoms with E-state index in [1.807, 2.05) is 63.4 Å². The molecule has 253 valence electrons. The van der Waals surface area contributed by atoms with Crippen LogP contribution in [0.5, 0.6) is 0 Å². The Hall–Kier alpha value is -3.67. The Morgan fingerprint density at radius 3 is 2.24 bits per heavy atom. The van der Waals surface area contributed by atoms with E-state index in [0.717, 1.165) is 27.2 Å². The summed E-state index contributed by atoms with van der Waals surface area (Å²) >= 11 is 0.0733. The van der Waals surface area contributed by atoms with Gasteiger partial charge in [0.2, 0.25) is 0 Å². The first-order valence-electron chi connectivity index (χ1n) is 17.8. The average Bonchev–Trinajstić information content (AvgIpc) is 3.53. The smallest absolute Gasteiger partial charge is 0 e. The summed E-state index contributed by atoms with van der Waals surface area (Å²) in [6.07, 6.45) is 2.28. The van der Waals surface area contributed by atoms with Gasteiger partial charge in [-0.05, 0) is 55.2 Å². The number of nitrogens with zero attached hydrogens (tertiary/aromatic N) is 2. The zero-order valence-electron chi connectivity index (χ0n) is 31.6. The van der Waals surface area contributed by atoms with E-state index in [2.05, 4.69) is 107 Å². The van der Waals surface area contributed by atoms with Crippen molar-refractivity contribution in [1.82, 2.24) is 9.97 Å². The number of hydrogen-bond acceptors (Lipinski definition) is 3. The van der Waals surface area contributed by atoms with Gasteiger partial charge in [-0.2, -0.15) is 11.3 Å². The first-order chi connectivity index (χ1) is 24.2. The summed E-state index contributed by atoms with van der Waals surface area (Å²) in [4.78, 5) is 9.20. The summed E-state index contributed by atoms with van der Waals surface area (Å²) in [5.74, 6) is 7.14. The van der Waals surface area contributed by atoms with Gasteiger partial charge in [0.25, 0.3) is 0 Å². The van der Waals surface area contributed by atoms with Crippen LogP contribution in [0.3, 0.4) is 0 Å². The van der Waals surface area contributed by atoms with E-state index >= 15 is 0 Å². The predicted molar refractivity (Wildman–Crippen MR) is 216 cm³/mol. The van der Waals surface area contributed by atoms with Gasteiger partial charge >= 0.3 is 99.8 Å². The standard InChI is InChI=1S/C31H26NS.C14H16GeN.Ir/c1-19-9-11-25(27-17-20(15-16-32-27)18-31(2,3)4)30-28(19)26-14-13-23-22-8-6-5-7-21(22)10-12-24(23)29(26)33-30;1-15(2,3)13-9-10-14(16-11-13)12-7-5-4-6-8-12;/h5-10,12-17H,18H2,1-4H3;4-7,9-11H,1-3H3;/q2*-1;/i18D2;;. The number of hydrogen-bond donors (Lipinski definition) is 0. The molecule has 0 unspecified atom stereocenters. The van der Waals surface area contributed by atoms with Crippen molar-refractivity contribution in [3.8, 4) is 22.5 Å². The summed E-state index contributed by atoms with van der Waals surface area (Å²) < 4.78 is 21.4. The Labute approximate surface area is 319 Å². The van der Waals surface area contributed by atoms with Crippen LogP contribution in [0, 0.1) is 24.5 Å². The van der Waals surface area contributed by atoms with Crippen molar-refractivity contribution < 1.29 is 22.8 Å². The zero-order chi connectivity index (χ0) is 36.1. The average molecular weight is 910 g/mol. The Balaban J connectivity index is 0.000000230. The first-order valence-corrected chi connectivity index (χ1v) is 25.0. The second kappa shape index (κ2) is 14.5. The van der Waals surface area contributed by atoms with Crippen LogP contribution in [0.2, 0.25) is 17.3 Å². The normalized spacial score (nSPS) is 12.7. The van der Waals surface area contributed by atoms with Crippen molar-refractivity contribution in [1.29, 1.82) is 0 Å². The quantitative estimate of drug-likeness (QED) is 0.0999. The van der Waals surface area contributed by atoms with Crippen LogP contribution in [-0.4, -0.2) is 23.2 Å². The largest absolute Gasteiger partial charge is 0 e. The molecule has 0 atom stereocenters. The minimum Gasteiger partial charge on any atom is 0 e. The third kappa shape index (κ3) is 7.50. The number of benzene rings is 5. The molecule has 0 fully saturated rings. The van der Waals surface area contributed by atoms with Gasteiger partial charge in [-0.25, -0.2) is 0 Å². The van der Waals surface area contributed by atoms with E-state index < -0.39 is 25.1 Å². The molecule has 0 amide bonds. The van der Waals surface area contributed by atoms with Crippen molar-refractivity contribution in [2.24, 2.45) is 5.41 Å². The molecule has 3 heterocycles. The third-order valence-electron chi connectivity index (χ3n) is 8.78. The van der Waals surface area contributed by atoms with Crippen LogP contribution in [0.1, 0.15) is 34.6 Å². The molecule has 0 aliphatic heterocycles. The number of rotatable bonds is 4. The monoisotopic (exact) mass is 911 g/mol. The number of fused-ring (bicyclic) bond motifs is 7. The molecule has 0 aliphatic rings. The van der Waals surface area contributed by atoms with E-state index in [1.54, 1.807) is 23.6 Å². The topological polar surface area (TPSA) is 25.8 Å². The molecule has 5 aromatic carbocycles. The van der Waals surface area contributed by atoms with Gasteiger partial charge < -0.3 is 4.98 Å². The van der Waals surface area contributed by atoms with E-state index in [4.69, 9.17) is 2.74 Å². The van der Waals surface area contributed by atoms with Crippen LogP contribution >= 0.6 is 11.3 Å². The molecule has 50 heavy (non-hydrogen) atoms. The van der Waals surface area contributed by atoms with Gasteiger partial charge in [0, 0.05) is 33.7 Å². The van der Waals surface area contributed by atoms with Crippen molar-refractivity contribution >= 4 is 70.7 Å². The van der Waals surface area contributed by atoms with Crippen molar-refractivity contribution in [2.45, 2.75) is 51.3 Å². The summed E-state index contributed by atoms with van der Waals surface area (Å²) in [5.41, 5.74) is 5.09. The number of pyridine rings is 2. The first kappa shape index (κ1) is 33.5. The molecule has 0 spiro atoms. The maximum absolute atomic E-state index is 8.75. The van der Waals surface area contributed by atoms with Gasteiger partial charge in [0.05, 0.1) is 0 Å². The summed E-state index contributed by atoms with van der Waals surface area (Å²) in [6, 6.07) is 42.2. The van der Waals surface area contributed by atoms with Crippen LogP contribution in [0.25, 0.3) is 64.2 Å². The molecule has 8 aromatic rings. The Morgan fingerprint density at radius 1 is 0.760 bits per heavy atom. The van der Waals surface area contributed by atoms with Crippen molar-refractivity contribution in [3.05, 3.63) is 139 Å². The van der Waals surface area contributed by atoms with Crippen LogP contribution in [-0.2, 0) is 26.5 Å². The fraction of sp³-hybridized carbons (Fsp3) is 0.200. The van der Waals surface area contributed by atoms with Crippen molar-refractivity contribution in [2.75, 3.05) is 0 Å². The maximum Gasteiger partial charge on any atom is 0 e. The number of aryl methyl sites for hydroxylation is 1. The molecular weight excluding hydrogens is 865 g/mol. The van der Waals surface area contributed by atoms with Crippen molar-refractivity contribution in [3.63, 3.8) is 0 Å². The van der Waals surface area contributed by atoms with Crippen LogP contribution < -0.4 is 4.40 Å². The molecule has 1 radical (unpaired) electrons. The summed E-state index contributed by atoms with van der Waals surface area (Å²) in [7, 11) is 0. The number of aromatic nitrogens is 2. The number of thiophene rings is 1. The second-order valence-electron chi connectivity index (χ2n) is 14.7. The SMILES string of the molecule is [2H]C([2H])(c1ccnc(-c2[c-]cc(C)c3c2sc2c4ccc5ccccc5c4ccc23)c1)C(C)(C)C.[CH3][Ge]([CH3])([CH3])[c]1ccc(-c2[c-]cccc2)nc1.[Ir]. The molecule has 0 aliphatic carbocycles. The predicted octanol–water partition coefficient (Wildman–Crippen LogP) is 12.2. The van der Waals surface area contributed by atoms with Gasteiger partial charge in [-0.15, -0.1) is 23.3 Å². The van der Waals surface area contributed by atoms with Gasteiger partial charge in [0.15, 0.2) is 0 Å². The van der Waals surface area contributed by atoms with Gasteiger partial charge in [-0.3, -0.25) is 0 Å².